The molecule has 1 aliphatic heterocycles. The molecular weight excluding hydrogens is 462 g/mol. The summed E-state index contributed by atoms with van der Waals surface area (Å²) in [5.74, 6) is -0.168. The van der Waals surface area contributed by atoms with Gasteiger partial charge in [-0.25, -0.2) is 4.79 Å². The molecule has 2 heterocycles. The van der Waals surface area contributed by atoms with Gasteiger partial charge in [-0.2, -0.15) is 0 Å². The van der Waals surface area contributed by atoms with Crippen LogP contribution in [0.15, 0.2) is 48.8 Å². The largest absolute Gasteiger partial charge is 0.323 e. The van der Waals surface area contributed by atoms with E-state index >= 15 is 0 Å². The summed E-state index contributed by atoms with van der Waals surface area (Å²) in [6.07, 6.45) is 10.8. The third-order valence-electron chi connectivity index (χ3n) is 9.48. The number of carbonyl (C=O) groups is 2. The molecule has 0 radical (unpaired) electrons. The summed E-state index contributed by atoms with van der Waals surface area (Å²) in [6, 6.07) is 12.7. The molecule has 5 rings (SSSR count). The predicted molar refractivity (Wildman–Crippen MR) is 146 cm³/mol. The van der Waals surface area contributed by atoms with Crippen molar-refractivity contribution in [1.82, 2.24) is 19.7 Å². The van der Waals surface area contributed by atoms with Crippen molar-refractivity contribution in [1.29, 1.82) is 0 Å². The highest BCUT2D eigenvalue weighted by atomic mass is 16.2. The topological polar surface area (TPSA) is 68.8 Å². The van der Waals surface area contributed by atoms with Gasteiger partial charge in [-0.05, 0) is 82.2 Å². The molecule has 198 valence electrons. The zero-order valence-corrected chi connectivity index (χ0v) is 22.8. The van der Waals surface area contributed by atoms with Crippen molar-refractivity contribution in [3.05, 3.63) is 59.9 Å². The fraction of sp³-hybridized carbons (Fsp3) is 0.567. The van der Waals surface area contributed by atoms with Crippen LogP contribution in [0, 0.1) is 12.3 Å². The molecule has 3 amide bonds. The van der Waals surface area contributed by atoms with Gasteiger partial charge in [-0.3, -0.25) is 14.7 Å². The number of benzene rings is 1. The summed E-state index contributed by atoms with van der Waals surface area (Å²) in [5, 5.41) is 2.96. The molecule has 0 bridgehead atoms. The van der Waals surface area contributed by atoms with Crippen LogP contribution in [0.5, 0.6) is 0 Å². The van der Waals surface area contributed by atoms with Gasteiger partial charge < -0.3 is 15.1 Å². The predicted octanol–water partition coefficient (Wildman–Crippen LogP) is 5.03. The van der Waals surface area contributed by atoms with Crippen LogP contribution >= 0.6 is 0 Å². The highest BCUT2D eigenvalue weighted by Gasteiger charge is 2.56. The first-order valence-corrected chi connectivity index (χ1v) is 13.7. The molecule has 7 nitrogen and oxygen atoms in total. The second-order valence-corrected chi connectivity index (χ2v) is 12.1. The second kappa shape index (κ2) is 9.75. The normalized spacial score (nSPS) is 27.0. The van der Waals surface area contributed by atoms with Gasteiger partial charge in [-0.1, -0.05) is 43.7 Å². The molecule has 2 saturated carbocycles. The van der Waals surface area contributed by atoms with Crippen LogP contribution in [0.4, 0.5) is 10.5 Å². The van der Waals surface area contributed by atoms with E-state index in [2.05, 4.69) is 71.5 Å². The van der Waals surface area contributed by atoms with Crippen LogP contribution < -0.4 is 5.32 Å². The summed E-state index contributed by atoms with van der Waals surface area (Å²) in [4.78, 5) is 37.3. The molecule has 0 atom stereocenters. The van der Waals surface area contributed by atoms with Gasteiger partial charge in [0.25, 0.3) is 0 Å². The molecule has 1 spiro atoms. The van der Waals surface area contributed by atoms with E-state index in [1.807, 2.05) is 13.0 Å². The quantitative estimate of drug-likeness (QED) is 0.576. The lowest BCUT2D eigenvalue weighted by atomic mass is 9.66. The van der Waals surface area contributed by atoms with Crippen molar-refractivity contribution < 1.29 is 9.59 Å². The van der Waals surface area contributed by atoms with Crippen molar-refractivity contribution in [3.63, 3.8) is 0 Å². The summed E-state index contributed by atoms with van der Waals surface area (Å²) in [5.41, 5.74) is 2.92. The van der Waals surface area contributed by atoms with E-state index in [1.54, 1.807) is 17.3 Å². The van der Waals surface area contributed by atoms with Gasteiger partial charge in [0.1, 0.15) is 6.54 Å². The fourth-order valence-electron chi connectivity index (χ4n) is 6.82. The Morgan fingerprint density at radius 3 is 2.35 bits per heavy atom. The average Bonchev–Trinajstić information content (AvgIpc) is 3.10. The lowest BCUT2D eigenvalue weighted by molar-refractivity contribution is -0.116. The van der Waals surface area contributed by atoms with E-state index in [0.717, 1.165) is 37.8 Å². The van der Waals surface area contributed by atoms with Gasteiger partial charge in [0, 0.05) is 24.8 Å². The van der Waals surface area contributed by atoms with Crippen LogP contribution in [0.2, 0.25) is 0 Å². The molecular formula is C30H41N5O2. The number of rotatable bonds is 7. The van der Waals surface area contributed by atoms with Gasteiger partial charge in [-0.15, -0.1) is 0 Å². The lowest BCUT2D eigenvalue weighted by Crippen LogP contribution is -2.57. The van der Waals surface area contributed by atoms with E-state index in [9.17, 15) is 9.59 Å². The van der Waals surface area contributed by atoms with Crippen molar-refractivity contribution in [2.45, 2.75) is 69.9 Å². The van der Waals surface area contributed by atoms with Gasteiger partial charge >= 0.3 is 6.03 Å². The Balaban J connectivity index is 1.37. The van der Waals surface area contributed by atoms with Crippen molar-refractivity contribution in [2.75, 3.05) is 39.0 Å². The summed E-state index contributed by atoms with van der Waals surface area (Å²) in [7, 11) is 4.35. The molecule has 3 fully saturated rings. The SMILES string of the molecule is Cc1ccncc1NC(=O)CN1C[C@]2(CC[C@](c3ccccc3)(N(C)C)CC2)N(CC2(C)CCC2)C1=O. The molecule has 1 aromatic heterocycles. The highest BCUT2D eigenvalue weighted by Crippen LogP contribution is 2.51. The maximum absolute atomic E-state index is 13.9. The lowest BCUT2D eigenvalue weighted by Gasteiger charge is -2.53. The Kier molecular flexibility index (Phi) is 6.77. The molecule has 1 N–H and O–H groups in total. The van der Waals surface area contributed by atoms with Crippen molar-refractivity contribution in [2.24, 2.45) is 5.41 Å². The average molecular weight is 504 g/mol. The molecule has 3 aliphatic rings. The first-order valence-electron chi connectivity index (χ1n) is 13.7. The Morgan fingerprint density at radius 2 is 1.76 bits per heavy atom. The minimum absolute atomic E-state index is 0.0169. The first kappa shape index (κ1) is 25.7. The number of hydrogen-bond acceptors (Lipinski definition) is 4. The molecule has 2 aliphatic carbocycles. The highest BCUT2D eigenvalue weighted by molar-refractivity contribution is 5.95. The Labute approximate surface area is 221 Å². The van der Waals surface area contributed by atoms with Crippen LogP contribution in [-0.4, -0.2) is 70.9 Å². The smallest absolute Gasteiger partial charge is 0.321 e. The monoisotopic (exact) mass is 503 g/mol. The maximum atomic E-state index is 13.9. The van der Waals surface area contributed by atoms with E-state index in [-0.39, 0.29) is 35.0 Å². The van der Waals surface area contributed by atoms with E-state index in [1.165, 1.54) is 24.8 Å². The molecule has 2 aromatic rings. The van der Waals surface area contributed by atoms with Crippen molar-refractivity contribution in [3.8, 4) is 0 Å². The Morgan fingerprint density at radius 1 is 1.05 bits per heavy atom. The molecule has 37 heavy (non-hydrogen) atoms. The minimum Gasteiger partial charge on any atom is -0.323 e. The summed E-state index contributed by atoms with van der Waals surface area (Å²) < 4.78 is 0. The number of amides is 3. The number of nitrogens with one attached hydrogen (secondary N) is 1. The second-order valence-electron chi connectivity index (χ2n) is 12.1. The number of anilines is 1. The molecule has 7 heteroatoms. The first-order chi connectivity index (χ1) is 17.7. The Hall–Kier alpha value is -2.93. The molecule has 1 aromatic carbocycles. The fourth-order valence-corrected chi connectivity index (χ4v) is 6.82. The van der Waals surface area contributed by atoms with Crippen LogP contribution in [0.1, 0.15) is 63.0 Å². The van der Waals surface area contributed by atoms with Gasteiger partial charge in [0.05, 0.1) is 17.4 Å². The third-order valence-corrected chi connectivity index (χ3v) is 9.48. The number of urea groups is 1. The Bertz CT molecular complexity index is 1140. The number of aryl methyl sites for hydroxylation is 1. The van der Waals surface area contributed by atoms with E-state index < -0.39 is 0 Å². The summed E-state index contributed by atoms with van der Waals surface area (Å²) >= 11 is 0. The minimum atomic E-state index is -0.228. The third kappa shape index (κ3) is 4.74. The standard InChI is InChI=1S/C30H41N5O2/c1-23-11-18-31-19-25(23)32-26(36)20-34-22-29(35(27(34)37)21-28(2)12-8-13-28)14-16-30(17-15-29,33(3)4)24-9-6-5-7-10-24/h5-7,9-11,18-19H,8,12-17,20-22H2,1-4H3,(H,32,36)/t29-,30+. The zero-order chi connectivity index (χ0) is 26.3. The van der Waals surface area contributed by atoms with Gasteiger partial charge in [0.2, 0.25) is 5.91 Å². The zero-order valence-electron chi connectivity index (χ0n) is 22.8. The maximum Gasteiger partial charge on any atom is 0.321 e. The number of aromatic nitrogens is 1. The number of nitrogens with zero attached hydrogens (tertiary/aromatic N) is 4. The molecule has 1 saturated heterocycles. The van der Waals surface area contributed by atoms with Crippen LogP contribution in [0.3, 0.4) is 0 Å². The van der Waals surface area contributed by atoms with E-state index in [4.69, 9.17) is 0 Å². The number of carbonyl (C=O) groups excluding carboxylic acids is 2. The van der Waals surface area contributed by atoms with Gasteiger partial charge in [0.15, 0.2) is 0 Å². The van der Waals surface area contributed by atoms with Crippen LogP contribution in [0.25, 0.3) is 0 Å². The number of hydrogen-bond donors (Lipinski definition) is 1. The van der Waals surface area contributed by atoms with Crippen molar-refractivity contribution >= 4 is 17.6 Å². The van der Waals surface area contributed by atoms with Crippen LogP contribution in [-0.2, 0) is 10.3 Å². The summed E-state index contributed by atoms with van der Waals surface area (Å²) in [6.45, 7) is 5.72. The molecule has 0 unspecified atom stereocenters. The van der Waals surface area contributed by atoms with E-state index in [0.29, 0.717) is 12.2 Å². The number of pyridine rings is 1.